The van der Waals surface area contributed by atoms with Gasteiger partial charge in [0.15, 0.2) is 0 Å². The van der Waals surface area contributed by atoms with Crippen LogP contribution in [0, 0.1) is 6.92 Å². The molecule has 76 valence electrons. The van der Waals surface area contributed by atoms with Crippen LogP contribution in [-0.4, -0.2) is 10.9 Å². The Morgan fingerprint density at radius 3 is 2.57 bits per heavy atom. The normalized spacial score (nSPS) is 10.6. The third-order valence-electron chi connectivity index (χ3n) is 1.87. The zero-order valence-corrected chi connectivity index (χ0v) is 7.42. The molecule has 0 bridgehead atoms. The Kier molecular flexibility index (Phi) is 2.64. The number of carbonyl (C=O) groups is 1. The largest absolute Gasteiger partial charge is 0.398 e. The summed E-state index contributed by atoms with van der Waals surface area (Å²) in [6, 6.07) is 0. The molecule has 1 rings (SSSR count). The molecule has 4 N–H and O–H groups in total. The minimum atomic E-state index is -2.71. The maximum absolute atomic E-state index is 12.3. The van der Waals surface area contributed by atoms with Crippen molar-refractivity contribution in [1.82, 2.24) is 4.98 Å². The standard InChI is InChI=1S/C8H9F2N3O/c1-3-5(11)4(7(9)10)2-13-6(3)8(12)14/h2,7H,1H3,(H2,11,13)(H2,12,14). The quantitative estimate of drug-likeness (QED) is 0.749. The molecule has 4 nitrogen and oxygen atoms in total. The fourth-order valence-electron chi connectivity index (χ4n) is 1.07. The Morgan fingerprint density at radius 1 is 1.57 bits per heavy atom. The van der Waals surface area contributed by atoms with Crippen LogP contribution < -0.4 is 11.5 Å². The van der Waals surface area contributed by atoms with Crippen molar-refractivity contribution in [3.8, 4) is 0 Å². The van der Waals surface area contributed by atoms with Gasteiger partial charge in [-0.05, 0) is 6.92 Å². The maximum Gasteiger partial charge on any atom is 0.267 e. The highest BCUT2D eigenvalue weighted by atomic mass is 19.3. The molecule has 1 aromatic heterocycles. The van der Waals surface area contributed by atoms with Crippen molar-refractivity contribution in [3.05, 3.63) is 23.0 Å². The van der Waals surface area contributed by atoms with E-state index in [-0.39, 0.29) is 22.5 Å². The summed E-state index contributed by atoms with van der Waals surface area (Å²) >= 11 is 0. The number of primary amides is 1. The fourth-order valence-corrected chi connectivity index (χ4v) is 1.07. The molecule has 14 heavy (non-hydrogen) atoms. The first-order valence-electron chi connectivity index (χ1n) is 3.78. The lowest BCUT2D eigenvalue weighted by Crippen LogP contribution is -2.16. The first-order valence-corrected chi connectivity index (χ1v) is 3.78. The second-order valence-corrected chi connectivity index (χ2v) is 2.77. The van der Waals surface area contributed by atoms with E-state index in [1.54, 1.807) is 0 Å². The third kappa shape index (κ3) is 1.63. The number of hydrogen-bond acceptors (Lipinski definition) is 3. The van der Waals surface area contributed by atoms with E-state index in [0.29, 0.717) is 0 Å². The van der Waals surface area contributed by atoms with Crippen molar-refractivity contribution in [3.63, 3.8) is 0 Å². The van der Waals surface area contributed by atoms with Crippen molar-refractivity contribution in [2.24, 2.45) is 5.73 Å². The smallest absolute Gasteiger partial charge is 0.267 e. The number of hydrogen-bond donors (Lipinski definition) is 2. The van der Waals surface area contributed by atoms with Crippen LogP contribution in [0.25, 0.3) is 0 Å². The molecular formula is C8H9F2N3O. The second-order valence-electron chi connectivity index (χ2n) is 2.77. The maximum atomic E-state index is 12.3. The molecule has 0 atom stereocenters. The third-order valence-corrected chi connectivity index (χ3v) is 1.87. The van der Waals surface area contributed by atoms with E-state index in [1.807, 2.05) is 0 Å². The lowest BCUT2D eigenvalue weighted by Gasteiger charge is -2.09. The van der Waals surface area contributed by atoms with Crippen LogP contribution in [0.2, 0.25) is 0 Å². The lowest BCUT2D eigenvalue weighted by molar-refractivity contribution is 0.0994. The Balaban J connectivity index is 3.33. The predicted octanol–water partition coefficient (Wildman–Crippen LogP) is 1.01. The number of halogens is 2. The van der Waals surface area contributed by atoms with E-state index in [1.165, 1.54) is 6.92 Å². The van der Waals surface area contributed by atoms with Gasteiger partial charge in [0.1, 0.15) is 5.69 Å². The van der Waals surface area contributed by atoms with Crippen LogP contribution in [-0.2, 0) is 0 Å². The van der Waals surface area contributed by atoms with Gasteiger partial charge in [-0.2, -0.15) is 0 Å². The molecule has 1 amide bonds. The van der Waals surface area contributed by atoms with E-state index in [0.717, 1.165) is 6.20 Å². The van der Waals surface area contributed by atoms with Crippen LogP contribution >= 0.6 is 0 Å². The van der Waals surface area contributed by atoms with E-state index >= 15 is 0 Å². The number of nitrogen functional groups attached to an aromatic ring is 1. The molecule has 0 saturated carbocycles. The van der Waals surface area contributed by atoms with Gasteiger partial charge in [0.2, 0.25) is 0 Å². The van der Waals surface area contributed by atoms with Gasteiger partial charge in [-0.25, -0.2) is 8.78 Å². The van der Waals surface area contributed by atoms with Crippen LogP contribution in [0.1, 0.15) is 28.0 Å². The van der Waals surface area contributed by atoms with Gasteiger partial charge in [0.05, 0.1) is 5.56 Å². The van der Waals surface area contributed by atoms with E-state index in [9.17, 15) is 13.6 Å². The molecule has 1 aromatic rings. The summed E-state index contributed by atoms with van der Waals surface area (Å²) in [5.74, 6) is -0.782. The number of nitrogens with zero attached hydrogens (tertiary/aromatic N) is 1. The minimum absolute atomic E-state index is 0.0769. The zero-order chi connectivity index (χ0) is 10.9. The molecule has 0 aliphatic rings. The van der Waals surface area contributed by atoms with Gasteiger partial charge in [0, 0.05) is 17.4 Å². The highest BCUT2D eigenvalue weighted by Crippen LogP contribution is 2.27. The van der Waals surface area contributed by atoms with Gasteiger partial charge in [0.25, 0.3) is 12.3 Å². The summed E-state index contributed by atoms with van der Waals surface area (Å²) in [6.45, 7) is 1.42. The number of amides is 1. The number of alkyl halides is 2. The van der Waals surface area contributed by atoms with Gasteiger partial charge in [-0.3, -0.25) is 9.78 Å². The number of carbonyl (C=O) groups excluding carboxylic acids is 1. The van der Waals surface area contributed by atoms with Gasteiger partial charge in [-0.1, -0.05) is 0 Å². The molecule has 0 aliphatic heterocycles. The Labute approximate surface area is 78.9 Å². The Bertz CT molecular complexity index is 379. The van der Waals surface area contributed by atoms with Crippen LogP contribution in [0.15, 0.2) is 6.20 Å². The van der Waals surface area contributed by atoms with E-state index < -0.39 is 12.3 Å². The molecule has 0 radical (unpaired) electrons. The van der Waals surface area contributed by atoms with Crippen LogP contribution in [0.4, 0.5) is 14.5 Å². The zero-order valence-electron chi connectivity index (χ0n) is 7.42. The average Bonchev–Trinajstić information content (AvgIpc) is 2.08. The van der Waals surface area contributed by atoms with Crippen molar-refractivity contribution < 1.29 is 13.6 Å². The molecule has 0 unspecified atom stereocenters. The number of nitrogens with two attached hydrogens (primary N) is 2. The number of aromatic nitrogens is 1. The number of anilines is 1. The highest BCUT2D eigenvalue weighted by molar-refractivity contribution is 5.93. The summed E-state index contributed by atoms with van der Waals surface area (Å²) in [5, 5.41) is 0. The van der Waals surface area contributed by atoms with Gasteiger partial charge in [-0.15, -0.1) is 0 Å². The summed E-state index contributed by atoms with van der Waals surface area (Å²) < 4.78 is 24.6. The molecule has 0 fully saturated rings. The van der Waals surface area contributed by atoms with Crippen LogP contribution in [0.5, 0.6) is 0 Å². The molecule has 0 saturated heterocycles. The Hall–Kier alpha value is -1.72. The molecular weight excluding hydrogens is 192 g/mol. The summed E-state index contributed by atoms with van der Waals surface area (Å²) in [7, 11) is 0. The molecule has 1 heterocycles. The van der Waals surface area contributed by atoms with Crippen molar-refractivity contribution in [1.29, 1.82) is 0 Å². The Morgan fingerprint density at radius 2 is 2.14 bits per heavy atom. The number of pyridine rings is 1. The average molecular weight is 201 g/mol. The fraction of sp³-hybridized carbons (Fsp3) is 0.250. The monoisotopic (exact) mass is 201 g/mol. The van der Waals surface area contributed by atoms with Crippen molar-refractivity contribution in [2.75, 3.05) is 5.73 Å². The molecule has 0 aromatic carbocycles. The molecule has 0 aliphatic carbocycles. The molecule has 6 heteroatoms. The molecule has 0 spiro atoms. The summed E-state index contributed by atoms with van der Waals surface area (Å²) in [6.07, 6.45) is -1.84. The van der Waals surface area contributed by atoms with Crippen LogP contribution in [0.3, 0.4) is 0 Å². The summed E-state index contributed by atoms with van der Waals surface area (Å²) in [4.78, 5) is 14.3. The SMILES string of the molecule is Cc1c(C(N)=O)ncc(C(F)F)c1N. The topological polar surface area (TPSA) is 82.0 Å². The second kappa shape index (κ2) is 3.57. The van der Waals surface area contributed by atoms with Gasteiger partial charge < -0.3 is 11.5 Å². The van der Waals surface area contributed by atoms with Gasteiger partial charge >= 0.3 is 0 Å². The van der Waals surface area contributed by atoms with Crippen molar-refractivity contribution >= 4 is 11.6 Å². The van der Waals surface area contributed by atoms with E-state index in [2.05, 4.69) is 4.98 Å². The first kappa shape index (κ1) is 10.4. The lowest BCUT2D eigenvalue weighted by atomic mass is 10.1. The summed E-state index contributed by atoms with van der Waals surface area (Å²) in [5.41, 5.74) is 9.96. The predicted molar refractivity (Wildman–Crippen MR) is 46.9 cm³/mol. The minimum Gasteiger partial charge on any atom is -0.398 e. The van der Waals surface area contributed by atoms with E-state index in [4.69, 9.17) is 11.5 Å². The first-order chi connectivity index (χ1) is 6.45. The highest BCUT2D eigenvalue weighted by Gasteiger charge is 2.17. The number of rotatable bonds is 2. The van der Waals surface area contributed by atoms with Crippen molar-refractivity contribution in [2.45, 2.75) is 13.3 Å².